The van der Waals surface area contributed by atoms with Crippen molar-refractivity contribution in [2.45, 2.75) is 6.92 Å². The number of nitrogens with zero attached hydrogens (tertiary/aromatic N) is 3. The van der Waals surface area contributed by atoms with Gasteiger partial charge in [-0.05, 0) is 24.6 Å². The number of azide groups is 1. The average molecular weight is 213 g/mol. The Labute approximate surface area is 83.5 Å². The van der Waals surface area contributed by atoms with Crippen LogP contribution in [0.2, 0.25) is 0 Å². The first-order chi connectivity index (χ1) is 7.04. The Kier molecular flexibility index (Phi) is 3.36. The van der Waals surface area contributed by atoms with Gasteiger partial charge < -0.3 is 0 Å². The van der Waals surface area contributed by atoms with Gasteiger partial charge in [-0.3, -0.25) is 0 Å². The predicted octanol–water partition coefficient (Wildman–Crippen LogP) is 3.78. The molecule has 0 bridgehead atoms. The quantitative estimate of drug-likeness (QED) is 0.310. The zero-order chi connectivity index (χ0) is 11.4. The second-order valence-electron chi connectivity index (χ2n) is 2.76. The van der Waals surface area contributed by atoms with Gasteiger partial charge in [-0.25, -0.2) is 13.2 Å². The molecule has 0 heterocycles. The Balaban J connectivity index is 3.21. The van der Waals surface area contributed by atoms with Gasteiger partial charge in [-0.15, -0.1) is 0 Å². The van der Waals surface area contributed by atoms with E-state index in [1.165, 1.54) is 6.92 Å². The maximum absolute atomic E-state index is 13.0. The Morgan fingerprint density at radius 1 is 1.27 bits per heavy atom. The van der Waals surface area contributed by atoms with E-state index in [4.69, 9.17) is 5.53 Å². The average Bonchev–Trinajstić information content (AvgIpc) is 2.14. The molecule has 1 rings (SSSR count). The Morgan fingerprint density at radius 2 is 1.87 bits per heavy atom. The first-order valence-electron chi connectivity index (χ1n) is 3.92. The van der Waals surface area contributed by atoms with E-state index in [0.29, 0.717) is 12.1 Å². The fraction of sp³-hybridized carbons (Fsp3) is 0.111. The largest absolute Gasteiger partial charge is 0.206 e. The summed E-state index contributed by atoms with van der Waals surface area (Å²) >= 11 is 0. The molecule has 0 aromatic heterocycles. The van der Waals surface area contributed by atoms with E-state index in [2.05, 4.69) is 10.0 Å². The van der Waals surface area contributed by atoms with Crippen LogP contribution in [0.25, 0.3) is 16.5 Å². The van der Waals surface area contributed by atoms with Gasteiger partial charge in [0.1, 0.15) is 5.82 Å². The molecule has 78 valence electrons. The summed E-state index contributed by atoms with van der Waals surface area (Å²) in [5, 5.41) is 3.17. The molecule has 6 heteroatoms. The summed E-state index contributed by atoms with van der Waals surface area (Å²) in [5.41, 5.74) is 8.06. The van der Waals surface area contributed by atoms with Crippen LogP contribution < -0.4 is 0 Å². The molecule has 1 aromatic carbocycles. The molecule has 0 radical (unpaired) electrons. The number of halogens is 3. The van der Waals surface area contributed by atoms with Crippen LogP contribution in [0.15, 0.2) is 22.9 Å². The molecule has 3 nitrogen and oxygen atoms in total. The van der Waals surface area contributed by atoms with Crippen molar-refractivity contribution in [3.05, 3.63) is 51.3 Å². The minimum absolute atomic E-state index is 0.155. The molecule has 0 aliphatic rings. The minimum Gasteiger partial charge on any atom is -0.206 e. The first-order valence-corrected chi connectivity index (χ1v) is 3.92. The number of allylic oxidation sites excluding steroid dienone is 1. The molecule has 0 saturated heterocycles. The fourth-order valence-corrected chi connectivity index (χ4v) is 0.973. The lowest BCUT2D eigenvalue weighted by atomic mass is 10.1. The summed E-state index contributed by atoms with van der Waals surface area (Å²) in [6.07, 6.45) is 1.12. The smallest absolute Gasteiger partial charge is 0.161 e. The molecule has 0 fully saturated rings. The molecule has 0 aliphatic carbocycles. The van der Waals surface area contributed by atoms with Gasteiger partial charge >= 0.3 is 0 Å². The summed E-state index contributed by atoms with van der Waals surface area (Å²) in [6.45, 7) is 1.42. The standard InChI is InChI=1S/C9H6F3N3/c1-5(14-15-13)2-6-3-8(11)9(12)4-7(6)10/h2-4H,1H3/b5-2-. The zero-order valence-electron chi connectivity index (χ0n) is 7.71. The Hall–Kier alpha value is -1.94. The lowest BCUT2D eigenvalue weighted by Gasteiger charge is -1.99. The summed E-state index contributed by atoms with van der Waals surface area (Å²) < 4.78 is 38.3. The maximum atomic E-state index is 13.0. The number of benzene rings is 1. The van der Waals surface area contributed by atoms with E-state index in [0.717, 1.165) is 6.08 Å². The molecule has 15 heavy (non-hydrogen) atoms. The van der Waals surface area contributed by atoms with Crippen molar-refractivity contribution in [2.75, 3.05) is 0 Å². The van der Waals surface area contributed by atoms with E-state index in [-0.39, 0.29) is 11.3 Å². The van der Waals surface area contributed by atoms with Crippen LogP contribution in [-0.4, -0.2) is 0 Å². The second kappa shape index (κ2) is 4.52. The summed E-state index contributed by atoms with van der Waals surface area (Å²) in [6, 6.07) is 1.13. The van der Waals surface area contributed by atoms with E-state index in [9.17, 15) is 13.2 Å². The molecular formula is C9H6F3N3. The van der Waals surface area contributed by atoms with Crippen LogP contribution in [-0.2, 0) is 0 Å². The number of hydrogen-bond donors (Lipinski definition) is 0. The maximum Gasteiger partial charge on any atom is 0.161 e. The molecule has 0 aliphatic heterocycles. The van der Waals surface area contributed by atoms with Gasteiger partial charge in [-0.2, -0.15) is 0 Å². The number of hydrogen-bond acceptors (Lipinski definition) is 1. The third-order valence-corrected chi connectivity index (χ3v) is 1.61. The van der Waals surface area contributed by atoms with Crippen molar-refractivity contribution in [3.8, 4) is 0 Å². The molecule has 0 N–H and O–H groups in total. The van der Waals surface area contributed by atoms with Gasteiger partial charge in [0.25, 0.3) is 0 Å². The third-order valence-electron chi connectivity index (χ3n) is 1.61. The monoisotopic (exact) mass is 213 g/mol. The highest BCUT2D eigenvalue weighted by molar-refractivity contribution is 5.52. The summed E-state index contributed by atoms with van der Waals surface area (Å²) in [7, 11) is 0. The summed E-state index contributed by atoms with van der Waals surface area (Å²) in [4.78, 5) is 2.47. The van der Waals surface area contributed by atoms with Gasteiger partial charge in [0.05, 0.1) is 0 Å². The molecule has 1 aromatic rings. The van der Waals surface area contributed by atoms with Crippen LogP contribution in [0.3, 0.4) is 0 Å². The van der Waals surface area contributed by atoms with Crippen molar-refractivity contribution >= 4 is 6.08 Å². The van der Waals surface area contributed by atoms with Gasteiger partial charge in [0.2, 0.25) is 0 Å². The van der Waals surface area contributed by atoms with Crippen molar-refractivity contribution < 1.29 is 13.2 Å². The SMILES string of the molecule is C/C(=C/c1cc(F)c(F)cc1F)N=[N+]=[N-]. The predicted molar refractivity (Wildman–Crippen MR) is 49.1 cm³/mol. The lowest BCUT2D eigenvalue weighted by molar-refractivity contribution is 0.494. The molecule has 0 saturated carbocycles. The zero-order valence-corrected chi connectivity index (χ0v) is 7.71. The minimum atomic E-state index is -1.26. The van der Waals surface area contributed by atoms with Gasteiger partial charge in [-0.1, -0.05) is 5.11 Å². The van der Waals surface area contributed by atoms with Crippen LogP contribution in [0.4, 0.5) is 13.2 Å². The molecule has 0 spiro atoms. The van der Waals surface area contributed by atoms with E-state index < -0.39 is 17.5 Å². The van der Waals surface area contributed by atoms with Crippen LogP contribution in [0, 0.1) is 17.5 Å². The van der Waals surface area contributed by atoms with Crippen molar-refractivity contribution in [2.24, 2.45) is 5.11 Å². The highest BCUT2D eigenvalue weighted by Gasteiger charge is 2.07. The normalized spacial score (nSPS) is 11.1. The highest BCUT2D eigenvalue weighted by Crippen LogP contribution is 2.16. The Bertz CT molecular complexity index is 462. The van der Waals surface area contributed by atoms with E-state index in [1.807, 2.05) is 0 Å². The van der Waals surface area contributed by atoms with Crippen molar-refractivity contribution in [3.63, 3.8) is 0 Å². The second-order valence-corrected chi connectivity index (χ2v) is 2.76. The van der Waals surface area contributed by atoms with Gasteiger partial charge in [0.15, 0.2) is 11.6 Å². The molecule has 0 unspecified atom stereocenters. The summed E-state index contributed by atoms with van der Waals surface area (Å²) in [5.74, 6) is -3.33. The van der Waals surface area contributed by atoms with E-state index >= 15 is 0 Å². The van der Waals surface area contributed by atoms with Gasteiger partial charge in [0, 0.05) is 22.2 Å². The number of rotatable bonds is 2. The first kappa shape index (κ1) is 11.1. The molecular weight excluding hydrogens is 207 g/mol. The Morgan fingerprint density at radius 3 is 2.47 bits per heavy atom. The lowest BCUT2D eigenvalue weighted by Crippen LogP contribution is -1.90. The highest BCUT2D eigenvalue weighted by atomic mass is 19.2. The molecule has 0 atom stereocenters. The van der Waals surface area contributed by atoms with Crippen molar-refractivity contribution in [1.82, 2.24) is 0 Å². The van der Waals surface area contributed by atoms with Crippen LogP contribution in [0.5, 0.6) is 0 Å². The third kappa shape index (κ3) is 2.75. The van der Waals surface area contributed by atoms with Crippen molar-refractivity contribution in [1.29, 1.82) is 0 Å². The topological polar surface area (TPSA) is 48.8 Å². The fourth-order valence-electron chi connectivity index (χ4n) is 0.973. The van der Waals surface area contributed by atoms with E-state index in [1.54, 1.807) is 0 Å². The van der Waals surface area contributed by atoms with Crippen LogP contribution in [0.1, 0.15) is 12.5 Å². The molecule has 0 amide bonds. The van der Waals surface area contributed by atoms with Crippen LogP contribution >= 0.6 is 0 Å².